The van der Waals surface area contributed by atoms with E-state index in [9.17, 15) is 4.79 Å². The molecule has 0 radical (unpaired) electrons. The number of aromatic nitrogens is 3. The van der Waals surface area contributed by atoms with Crippen LogP contribution in [0.15, 0.2) is 22.7 Å². The second-order valence-electron chi connectivity index (χ2n) is 4.75. The molecule has 1 saturated carbocycles. The molecule has 7 heteroatoms. The number of rotatable bonds is 5. The molecule has 1 aliphatic rings. The second kappa shape index (κ2) is 5.28. The van der Waals surface area contributed by atoms with E-state index in [1.807, 2.05) is 6.07 Å². The zero-order valence-corrected chi connectivity index (χ0v) is 11.1. The molecule has 0 unspecified atom stereocenters. The Morgan fingerprint density at radius 1 is 1.40 bits per heavy atom. The highest BCUT2D eigenvalue weighted by atomic mass is 16.4. The fraction of sp³-hybridized carbons (Fsp3) is 0.385. The lowest BCUT2D eigenvalue weighted by molar-refractivity contribution is 0.0947. The molecule has 20 heavy (non-hydrogen) atoms. The van der Waals surface area contributed by atoms with Crippen LogP contribution in [0, 0.1) is 6.92 Å². The largest absolute Gasteiger partial charge is 0.424 e. The van der Waals surface area contributed by atoms with Gasteiger partial charge >= 0.3 is 0 Å². The summed E-state index contributed by atoms with van der Waals surface area (Å²) in [6.45, 7) is 1.91. The molecular weight excluding hydrogens is 258 g/mol. The van der Waals surface area contributed by atoms with Crippen molar-refractivity contribution in [2.75, 3.05) is 5.32 Å². The Hall–Kier alpha value is -2.44. The second-order valence-corrected chi connectivity index (χ2v) is 4.75. The van der Waals surface area contributed by atoms with Crippen molar-refractivity contribution in [1.29, 1.82) is 0 Å². The summed E-state index contributed by atoms with van der Waals surface area (Å²) in [5.74, 6) is 1.45. The molecule has 0 bridgehead atoms. The summed E-state index contributed by atoms with van der Waals surface area (Å²) in [6.07, 6.45) is 3.93. The molecule has 1 aliphatic carbocycles. The maximum absolute atomic E-state index is 11.9. The molecule has 1 fully saturated rings. The van der Waals surface area contributed by atoms with Crippen molar-refractivity contribution in [3.63, 3.8) is 0 Å². The summed E-state index contributed by atoms with van der Waals surface area (Å²) in [5.41, 5.74) is 0.502. The molecule has 0 aromatic carbocycles. The topological polar surface area (TPSA) is 92.9 Å². The average molecular weight is 273 g/mol. The number of hydrogen-bond acceptors (Lipinski definition) is 6. The van der Waals surface area contributed by atoms with Crippen LogP contribution in [0.25, 0.3) is 0 Å². The Kier molecular flexibility index (Phi) is 3.32. The standard InChI is InChI=1S/C13H15N5O2/c1-8-17-18-12(20-8)7-15-13(19)9-2-5-11(14-6-9)16-10-3-4-10/h2,5-6,10H,3-4,7H2,1H3,(H,14,16)(H,15,19). The smallest absolute Gasteiger partial charge is 0.253 e. The summed E-state index contributed by atoms with van der Waals surface area (Å²) in [6, 6.07) is 4.10. The minimum absolute atomic E-state index is 0.210. The summed E-state index contributed by atoms with van der Waals surface area (Å²) < 4.78 is 5.18. The van der Waals surface area contributed by atoms with E-state index in [0.717, 1.165) is 5.82 Å². The fourth-order valence-corrected chi connectivity index (χ4v) is 1.72. The van der Waals surface area contributed by atoms with Crippen LogP contribution in [-0.2, 0) is 6.54 Å². The van der Waals surface area contributed by atoms with Gasteiger partial charge in [0.2, 0.25) is 11.8 Å². The molecule has 0 aliphatic heterocycles. The van der Waals surface area contributed by atoms with Gasteiger partial charge in [-0.25, -0.2) is 4.98 Å². The van der Waals surface area contributed by atoms with Gasteiger partial charge in [-0.3, -0.25) is 4.79 Å². The van der Waals surface area contributed by atoms with Crippen molar-refractivity contribution in [3.8, 4) is 0 Å². The lowest BCUT2D eigenvalue weighted by Crippen LogP contribution is -2.23. The summed E-state index contributed by atoms with van der Waals surface area (Å²) in [4.78, 5) is 16.1. The van der Waals surface area contributed by atoms with Crippen molar-refractivity contribution < 1.29 is 9.21 Å². The molecule has 0 atom stereocenters. The quantitative estimate of drug-likeness (QED) is 0.852. The van der Waals surface area contributed by atoms with Gasteiger partial charge in [0.25, 0.3) is 5.91 Å². The third kappa shape index (κ3) is 3.11. The van der Waals surface area contributed by atoms with Crippen LogP contribution >= 0.6 is 0 Å². The van der Waals surface area contributed by atoms with Gasteiger partial charge in [-0.1, -0.05) is 0 Å². The minimum Gasteiger partial charge on any atom is -0.424 e. The predicted octanol–water partition coefficient (Wildman–Crippen LogP) is 1.28. The highest BCUT2D eigenvalue weighted by molar-refractivity contribution is 5.93. The number of nitrogens with one attached hydrogen (secondary N) is 2. The van der Waals surface area contributed by atoms with Gasteiger partial charge < -0.3 is 15.1 Å². The third-order valence-electron chi connectivity index (χ3n) is 2.92. The Bertz CT molecular complexity index is 603. The van der Waals surface area contributed by atoms with Gasteiger partial charge in [-0.05, 0) is 25.0 Å². The first-order valence-corrected chi connectivity index (χ1v) is 6.50. The molecule has 3 rings (SSSR count). The molecule has 104 valence electrons. The highest BCUT2D eigenvalue weighted by Crippen LogP contribution is 2.23. The molecular formula is C13H15N5O2. The van der Waals surface area contributed by atoms with Crippen molar-refractivity contribution in [2.45, 2.75) is 32.4 Å². The molecule has 0 spiro atoms. The van der Waals surface area contributed by atoms with Crippen molar-refractivity contribution in [1.82, 2.24) is 20.5 Å². The summed E-state index contributed by atoms with van der Waals surface area (Å²) >= 11 is 0. The van der Waals surface area contributed by atoms with Gasteiger partial charge in [0.05, 0.1) is 12.1 Å². The zero-order chi connectivity index (χ0) is 13.9. The van der Waals surface area contributed by atoms with Crippen LogP contribution in [0.2, 0.25) is 0 Å². The van der Waals surface area contributed by atoms with Crippen molar-refractivity contribution >= 4 is 11.7 Å². The molecule has 2 heterocycles. The Balaban J connectivity index is 1.55. The van der Waals surface area contributed by atoms with Crippen molar-refractivity contribution in [3.05, 3.63) is 35.7 Å². The van der Waals surface area contributed by atoms with E-state index in [0.29, 0.717) is 23.4 Å². The van der Waals surface area contributed by atoms with Crippen LogP contribution in [0.4, 0.5) is 5.82 Å². The molecule has 2 aromatic heterocycles. The summed E-state index contributed by atoms with van der Waals surface area (Å²) in [7, 11) is 0. The number of anilines is 1. The van der Waals surface area contributed by atoms with Gasteiger partial charge in [-0.2, -0.15) is 0 Å². The Labute approximate surface area is 115 Å². The van der Waals surface area contributed by atoms with E-state index in [-0.39, 0.29) is 12.5 Å². The van der Waals surface area contributed by atoms with Crippen LogP contribution in [-0.4, -0.2) is 27.1 Å². The van der Waals surface area contributed by atoms with E-state index in [2.05, 4.69) is 25.8 Å². The number of hydrogen-bond donors (Lipinski definition) is 2. The fourth-order valence-electron chi connectivity index (χ4n) is 1.72. The minimum atomic E-state index is -0.216. The average Bonchev–Trinajstić information content (AvgIpc) is 3.17. The number of carbonyl (C=O) groups is 1. The number of pyridine rings is 1. The van der Waals surface area contributed by atoms with Crippen molar-refractivity contribution in [2.24, 2.45) is 0 Å². The van der Waals surface area contributed by atoms with E-state index >= 15 is 0 Å². The first-order valence-electron chi connectivity index (χ1n) is 6.50. The predicted molar refractivity (Wildman–Crippen MR) is 71.1 cm³/mol. The number of aryl methyl sites for hydroxylation is 1. The molecule has 2 N–H and O–H groups in total. The first-order chi connectivity index (χ1) is 9.70. The van der Waals surface area contributed by atoms with E-state index < -0.39 is 0 Å². The molecule has 2 aromatic rings. The van der Waals surface area contributed by atoms with Crippen LogP contribution in [0.5, 0.6) is 0 Å². The van der Waals surface area contributed by atoms with Crippen LogP contribution in [0.1, 0.15) is 35.0 Å². The zero-order valence-electron chi connectivity index (χ0n) is 11.1. The molecule has 7 nitrogen and oxygen atoms in total. The normalized spacial score (nSPS) is 14.1. The number of nitrogens with zero attached hydrogens (tertiary/aromatic N) is 3. The SMILES string of the molecule is Cc1nnc(CNC(=O)c2ccc(NC3CC3)nc2)o1. The lowest BCUT2D eigenvalue weighted by Gasteiger charge is -2.05. The Morgan fingerprint density at radius 2 is 2.25 bits per heavy atom. The molecule has 1 amide bonds. The summed E-state index contributed by atoms with van der Waals surface area (Å²) in [5, 5.41) is 13.5. The van der Waals surface area contributed by atoms with E-state index in [4.69, 9.17) is 4.42 Å². The van der Waals surface area contributed by atoms with Gasteiger partial charge in [-0.15, -0.1) is 10.2 Å². The number of carbonyl (C=O) groups excluding carboxylic acids is 1. The maximum atomic E-state index is 11.9. The highest BCUT2D eigenvalue weighted by Gasteiger charge is 2.21. The Morgan fingerprint density at radius 3 is 2.85 bits per heavy atom. The van der Waals surface area contributed by atoms with Gasteiger partial charge in [0.1, 0.15) is 5.82 Å². The first kappa shape index (κ1) is 12.6. The maximum Gasteiger partial charge on any atom is 0.253 e. The van der Waals surface area contributed by atoms with Crippen LogP contribution < -0.4 is 10.6 Å². The van der Waals surface area contributed by atoms with Gasteiger partial charge in [0.15, 0.2) is 0 Å². The van der Waals surface area contributed by atoms with Crippen LogP contribution in [0.3, 0.4) is 0 Å². The van der Waals surface area contributed by atoms with E-state index in [1.54, 1.807) is 19.2 Å². The lowest BCUT2D eigenvalue weighted by atomic mass is 10.2. The monoisotopic (exact) mass is 273 g/mol. The molecule has 0 saturated heterocycles. The van der Waals surface area contributed by atoms with E-state index in [1.165, 1.54) is 12.8 Å². The number of amides is 1. The van der Waals surface area contributed by atoms with Gasteiger partial charge in [0, 0.05) is 19.2 Å². The third-order valence-corrected chi connectivity index (χ3v) is 2.92.